The summed E-state index contributed by atoms with van der Waals surface area (Å²) in [6.45, 7) is 2.64. The summed E-state index contributed by atoms with van der Waals surface area (Å²) in [6, 6.07) is 0.309. The number of rotatable bonds is 5. The van der Waals surface area contributed by atoms with Crippen LogP contribution in [0.25, 0.3) is 0 Å². The number of carbonyl (C=O) groups is 1. The summed E-state index contributed by atoms with van der Waals surface area (Å²) in [5, 5.41) is 13.0. The average molecular weight is 330 g/mol. The lowest BCUT2D eigenvalue weighted by atomic mass is 9.90. The number of hydrogen-bond donors (Lipinski definition) is 2. The van der Waals surface area contributed by atoms with Crippen LogP contribution >= 0.6 is 22.9 Å². The highest BCUT2D eigenvalue weighted by molar-refractivity contribution is 7.15. The van der Waals surface area contributed by atoms with Gasteiger partial charge in [-0.15, -0.1) is 11.3 Å². The number of nitrogens with zero attached hydrogens (tertiary/aromatic N) is 2. The van der Waals surface area contributed by atoms with E-state index in [4.69, 9.17) is 11.6 Å². The molecule has 3 rings (SSSR count). The third kappa shape index (κ3) is 4.16. The zero-order chi connectivity index (χ0) is 14.8. The maximum absolute atomic E-state index is 11.9. The zero-order valence-electron chi connectivity index (χ0n) is 11.8. The molecule has 1 aromatic rings. The van der Waals surface area contributed by atoms with E-state index < -0.39 is 6.10 Å². The van der Waals surface area contributed by atoms with Crippen LogP contribution in [0.1, 0.15) is 30.6 Å². The molecule has 1 amide bonds. The monoisotopic (exact) mass is 329 g/mol. The van der Waals surface area contributed by atoms with Gasteiger partial charge in [0.2, 0.25) is 5.91 Å². The predicted octanol–water partition coefficient (Wildman–Crippen LogP) is 1.65. The van der Waals surface area contributed by atoms with E-state index in [2.05, 4.69) is 15.2 Å². The van der Waals surface area contributed by atoms with E-state index in [-0.39, 0.29) is 11.8 Å². The van der Waals surface area contributed by atoms with Crippen molar-refractivity contribution in [1.29, 1.82) is 0 Å². The van der Waals surface area contributed by atoms with Gasteiger partial charge in [-0.1, -0.05) is 11.6 Å². The number of halogens is 1. The van der Waals surface area contributed by atoms with Crippen LogP contribution in [0.3, 0.4) is 0 Å². The van der Waals surface area contributed by atoms with Crippen molar-refractivity contribution in [3.8, 4) is 0 Å². The minimum absolute atomic E-state index is 0.0741. The fraction of sp³-hybridized carbons (Fsp3) is 0.714. The lowest BCUT2D eigenvalue weighted by Gasteiger charge is -2.33. The molecular formula is C14H20ClN3O2S. The molecule has 1 saturated heterocycles. The number of hydrogen-bond acceptors (Lipinski definition) is 5. The van der Waals surface area contributed by atoms with Crippen molar-refractivity contribution in [3.63, 3.8) is 0 Å². The van der Waals surface area contributed by atoms with E-state index in [0.717, 1.165) is 50.2 Å². The lowest BCUT2D eigenvalue weighted by molar-refractivity contribution is -0.133. The van der Waals surface area contributed by atoms with Gasteiger partial charge in [0, 0.05) is 23.7 Å². The van der Waals surface area contributed by atoms with Crippen molar-refractivity contribution in [2.45, 2.75) is 44.4 Å². The van der Waals surface area contributed by atoms with E-state index in [1.165, 1.54) is 11.3 Å². The molecule has 5 nitrogen and oxygen atoms in total. The molecule has 0 spiro atoms. The Kier molecular flexibility index (Phi) is 4.78. The van der Waals surface area contributed by atoms with Gasteiger partial charge < -0.3 is 10.4 Å². The van der Waals surface area contributed by atoms with Crippen molar-refractivity contribution in [2.75, 3.05) is 13.1 Å². The topological polar surface area (TPSA) is 65.5 Å². The molecule has 2 N–H and O–H groups in total. The first-order valence-electron chi connectivity index (χ1n) is 7.43. The average Bonchev–Trinajstić information content (AvgIpc) is 3.20. The summed E-state index contributed by atoms with van der Waals surface area (Å²) >= 11 is 7.34. The van der Waals surface area contributed by atoms with Gasteiger partial charge in [-0.3, -0.25) is 9.69 Å². The second kappa shape index (κ2) is 6.60. The number of thiazole rings is 1. The summed E-state index contributed by atoms with van der Waals surface area (Å²) < 4.78 is 0.576. The van der Waals surface area contributed by atoms with Gasteiger partial charge in [-0.25, -0.2) is 4.98 Å². The van der Waals surface area contributed by atoms with Crippen LogP contribution in [-0.4, -0.2) is 46.1 Å². The zero-order valence-corrected chi connectivity index (χ0v) is 13.4. The third-order valence-electron chi connectivity index (χ3n) is 4.18. The molecule has 1 saturated carbocycles. The second-order valence-electron chi connectivity index (χ2n) is 5.92. The molecule has 2 aliphatic rings. The van der Waals surface area contributed by atoms with E-state index >= 15 is 0 Å². The minimum Gasteiger partial charge on any atom is -0.383 e. The highest BCUT2D eigenvalue weighted by Gasteiger charge is 2.32. The summed E-state index contributed by atoms with van der Waals surface area (Å²) in [7, 11) is 0. The first kappa shape index (κ1) is 15.2. The molecule has 116 valence electrons. The van der Waals surface area contributed by atoms with Crippen LogP contribution in [-0.2, 0) is 11.3 Å². The third-order valence-corrected chi connectivity index (χ3v) is 5.28. The molecule has 0 radical (unpaired) electrons. The van der Waals surface area contributed by atoms with Crippen LogP contribution in [0.5, 0.6) is 0 Å². The van der Waals surface area contributed by atoms with E-state index in [1.807, 2.05) is 6.20 Å². The largest absolute Gasteiger partial charge is 0.383 e. The summed E-state index contributed by atoms with van der Waals surface area (Å²) in [6.07, 6.45) is 4.77. The van der Waals surface area contributed by atoms with Crippen molar-refractivity contribution in [1.82, 2.24) is 15.2 Å². The Morgan fingerprint density at radius 2 is 2.19 bits per heavy atom. The van der Waals surface area contributed by atoms with Crippen LogP contribution in [0.2, 0.25) is 4.47 Å². The molecular weight excluding hydrogens is 310 g/mol. The molecule has 1 aliphatic carbocycles. The van der Waals surface area contributed by atoms with Crippen molar-refractivity contribution < 1.29 is 9.90 Å². The summed E-state index contributed by atoms with van der Waals surface area (Å²) in [5.74, 6) is -0.116. The Morgan fingerprint density at radius 1 is 1.48 bits per heavy atom. The maximum atomic E-state index is 11.9. The molecule has 1 aliphatic heterocycles. The fourth-order valence-electron chi connectivity index (χ4n) is 2.73. The van der Waals surface area contributed by atoms with Gasteiger partial charge in [0.25, 0.3) is 0 Å². The number of likely N-dealkylation sites (tertiary alicyclic amines) is 1. The van der Waals surface area contributed by atoms with Crippen LogP contribution in [0.15, 0.2) is 6.20 Å². The first-order valence-corrected chi connectivity index (χ1v) is 8.62. The molecule has 2 heterocycles. The normalized spacial score (nSPS) is 22.2. The van der Waals surface area contributed by atoms with Crippen LogP contribution in [0, 0.1) is 5.92 Å². The molecule has 0 aromatic carbocycles. The van der Waals surface area contributed by atoms with Gasteiger partial charge in [0.15, 0.2) is 4.47 Å². The van der Waals surface area contributed by atoms with Crippen LogP contribution < -0.4 is 5.32 Å². The fourth-order valence-corrected chi connectivity index (χ4v) is 3.75. The molecule has 1 atom stereocenters. The predicted molar refractivity (Wildman–Crippen MR) is 82.3 cm³/mol. The number of piperidine rings is 1. The molecule has 7 heteroatoms. The van der Waals surface area contributed by atoms with E-state index in [1.54, 1.807) is 0 Å². The molecule has 1 aromatic heterocycles. The van der Waals surface area contributed by atoms with Gasteiger partial charge in [-0.2, -0.15) is 0 Å². The van der Waals surface area contributed by atoms with Crippen molar-refractivity contribution in [3.05, 3.63) is 15.5 Å². The number of carbonyl (C=O) groups excluding carboxylic acids is 1. The molecule has 2 fully saturated rings. The lowest BCUT2D eigenvalue weighted by Crippen LogP contribution is -2.44. The number of aliphatic hydroxyl groups excluding tert-OH is 1. The molecule has 1 unspecified atom stereocenters. The summed E-state index contributed by atoms with van der Waals surface area (Å²) in [5.41, 5.74) is 0. The number of amides is 1. The smallest absolute Gasteiger partial charge is 0.249 e. The molecule has 0 bridgehead atoms. The van der Waals surface area contributed by atoms with Gasteiger partial charge in [0.1, 0.15) is 6.10 Å². The Hall–Kier alpha value is -0.690. The Morgan fingerprint density at radius 3 is 2.76 bits per heavy atom. The number of aliphatic hydroxyl groups is 1. The van der Waals surface area contributed by atoms with Crippen molar-refractivity contribution in [2.24, 2.45) is 5.92 Å². The second-order valence-corrected chi connectivity index (χ2v) is 7.62. The first-order chi connectivity index (χ1) is 10.1. The summed E-state index contributed by atoms with van der Waals surface area (Å²) in [4.78, 5) is 19.4. The van der Waals surface area contributed by atoms with Crippen molar-refractivity contribution >= 4 is 28.8 Å². The highest BCUT2D eigenvalue weighted by atomic mass is 35.5. The maximum Gasteiger partial charge on any atom is 0.249 e. The highest BCUT2D eigenvalue weighted by Crippen LogP contribution is 2.26. The van der Waals surface area contributed by atoms with E-state index in [9.17, 15) is 9.90 Å². The Balaban J connectivity index is 1.44. The quantitative estimate of drug-likeness (QED) is 0.862. The minimum atomic E-state index is -0.856. The van der Waals surface area contributed by atoms with Gasteiger partial charge in [-0.05, 0) is 44.7 Å². The van der Waals surface area contributed by atoms with Crippen LogP contribution in [0.4, 0.5) is 0 Å². The van der Waals surface area contributed by atoms with Gasteiger partial charge in [0.05, 0.1) is 0 Å². The molecule has 21 heavy (non-hydrogen) atoms. The van der Waals surface area contributed by atoms with Gasteiger partial charge >= 0.3 is 0 Å². The number of aromatic nitrogens is 1. The van der Waals surface area contributed by atoms with E-state index in [0.29, 0.717) is 10.5 Å². The Bertz CT molecular complexity index is 498. The SMILES string of the molecule is O=C(NC1CC1)C(O)C1CCN(Cc2cnc(Cl)s2)CC1. The standard InChI is InChI=1S/C14H20ClN3O2S/c15-14-16-7-11(21-14)8-18-5-3-9(4-6-18)12(19)13(20)17-10-1-2-10/h7,9-10,12,19H,1-6,8H2,(H,17,20). The Labute approximate surface area is 133 Å². The number of nitrogens with one attached hydrogen (secondary N) is 1.